The molecule has 0 unspecified atom stereocenters. The van der Waals surface area contributed by atoms with E-state index in [-0.39, 0.29) is 0 Å². The summed E-state index contributed by atoms with van der Waals surface area (Å²) in [5, 5.41) is 0. The van der Waals surface area contributed by atoms with Crippen molar-refractivity contribution in [2.45, 2.75) is 38.9 Å². The Balaban J connectivity index is 2.04. The standard InChI is InChI=1S/C10H23NOSi/c1-13(2,3)12-10-9-11-7-5-4-6-8-11/h4-10H2,1-3H3. The number of likely N-dealkylation sites (tertiary alicyclic amines) is 1. The molecule has 1 aliphatic rings. The van der Waals surface area contributed by atoms with Gasteiger partial charge < -0.3 is 9.33 Å². The molecule has 1 rings (SSSR count). The molecule has 0 aromatic carbocycles. The summed E-state index contributed by atoms with van der Waals surface area (Å²) in [5.74, 6) is 0. The average molecular weight is 201 g/mol. The van der Waals surface area contributed by atoms with Gasteiger partial charge in [-0.25, -0.2) is 0 Å². The number of hydrogen-bond acceptors (Lipinski definition) is 2. The smallest absolute Gasteiger partial charge is 0.183 e. The highest BCUT2D eigenvalue weighted by atomic mass is 28.4. The van der Waals surface area contributed by atoms with Crippen LogP contribution < -0.4 is 0 Å². The van der Waals surface area contributed by atoms with E-state index >= 15 is 0 Å². The Morgan fingerprint density at radius 3 is 2.23 bits per heavy atom. The SMILES string of the molecule is C[Si](C)(C)OCCN1CCCCC1. The lowest BCUT2D eigenvalue weighted by Crippen LogP contribution is -2.35. The number of rotatable bonds is 4. The number of nitrogens with zero attached hydrogens (tertiary/aromatic N) is 1. The van der Waals surface area contributed by atoms with Gasteiger partial charge in [0, 0.05) is 13.2 Å². The lowest BCUT2D eigenvalue weighted by atomic mass is 10.1. The zero-order chi connectivity index (χ0) is 9.73. The van der Waals surface area contributed by atoms with Crippen molar-refractivity contribution in [1.29, 1.82) is 0 Å². The van der Waals surface area contributed by atoms with Crippen molar-refractivity contribution in [2.24, 2.45) is 0 Å². The second-order valence-electron chi connectivity index (χ2n) is 4.86. The Kier molecular flexibility index (Phi) is 4.42. The van der Waals surface area contributed by atoms with Gasteiger partial charge in [0.1, 0.15) is 0 Å². The van der Waals surface area contributed by atoms with Crippen LogP contribution in [0.4, 0.5) is 0 Å². The van der Waals surface area contributed by atoms with Crippen molar-refractivity contribution < 1.29 is 4.43 Å². The van der Waals surface area contributed by atoms with E-state index in [1.165, 1.54) is 32.4 Å². The van der Waals surface area contributed by atoms with E-state index in [1.54, 1.807) is 0 Å². The lowest BCUT2D eigenvalue weighted by Gasteiger charge is -2.27. The van der Waals surface area contributed by atoms with Crippen molar-refractivity contribution in [3.8, 4) is 0 Å². The van der Waals surface area contributed by atoms with Crippen molar-refractivity contribution >= 4 is 8.32 Å². The molecule has 13 heavy (non-hydrogen) atoms. The summed E-state index contributed by atoms with van der Waals surface area (Å²) in [6.45, 7) is 11.4. The van der Waals surface area contributed by atoms with Gasteiger partial charge in [0.05, 0.1) is 0 Å². The first kappa shape index (κ1) is 11.2. The first-order valence-corrected chi connectivity index (χ1v) is 8.85. The largest absolute Gasteiger partial charge is 0.416 e. The Labute approximate surface area is 83.4 Å². The summed E-state index contributed by atoms with van der Waals surface area (Å²) in [6.07, 6.45) is 4.19. The van der Waals surface area contributed by atoms with Gasteiger partial charge in [-0.3, -0.25) is 0 Å². The lowest BCUT2D eigenvalue weighted by molar-refractivity contribution is 0.180. The molecule has 1 saturated heterocycles. The number of piperidine rings is 1. The van der Waals surface area contributed by atoms with Crippen LogP contribution in [-0.2, 0) is 4.43 Å². The third-order valence-electron chi connectivity index (χ3n) is 2.39. The van der Waals surface area contributed by atoms with E-state index in [1.807, 2.05) is 0 Å². The minimum absolute atomic E-state index is 0.940. The molecule has 1 fully saturated rings. The van der Waals surface area contributed by atoms with Crippen molar-refractivity contribution in [2.75, 3.05) is 26.2 Å². The summed E-state index contributed by atoms with van der Waals surface area (Å²) < 4.78 is 5.83. The van der Waals surface area contributed by atoms with Crippen LogP contribution in [0.25, 0.3) is 0 Å². The molecule has 0 spiro atoms. The van der Waals surface area contributed by atoms with Gasteiger partial charge >= 0.3 is 0 Å². The van der Waals surface area contributed by atoms with Gasteiger partial charge in [-0.05, 0) is 45.6 Å². The second kappa shape index (κ2) is 5.13. The van der Waals surface area contributed by atoms with Gasteiger partial charge in [-0.1, -0.05) is 6.42 Å². The molecule has 1 aliphatic heterocycles. The minimum Gasteiger partial charge on any atom is -0.416 e. The Hall–Kier alpha value is 0.137. The van der Waals surface area contributed by atoms with Crippen molar-refractivity contribution in [3.05, 3.63) is 0 Å². The highest BCUT2D eigenvalue weighted by Gasteiger charge is 2.15. The molecule has 0 aliphatic carbocycles. The fourth-order valence-electron chi connectivity index (χ4n) is 1.66. The summed E-state index contributed by atoms with van der Waals surface area (Å²) in [7, 11) is -1.27. The van der Waals surface area contributed by atoms with Gasteiger partial charge in [0.25, 0.3) is 0 Å². The normalized spacial score (nSPS) is 20.5. The minimum atomic E-state index is -1.27. The fraction of sp³-hybridized carbons (Fsp3) is 1.00. The third kappa shape index (κ3) is 5.44. The molecule has 0 radical (unpaired) electrons. The highest BCUT2D eigenvalue weighted by Crippen LogP contribution is 2.08. The molecule has 1 heterocycles. The number of hydrogen-bond donors (Lipinski definition) is 0. The van der Waals surface area contributed by atoms with Crippen LogP contribution in [0.1, 0.15) is 19.3 Å². The maximum absolute atomic E-state index is 5.83. The predicted molar refractivity (Wildman–Crippen MR) is 59.6 cm³/mol. The van der Waals surface area contributed by atoms with E-state index in [2.05, 4.69) is 24.5 Å². The predicted octanol–water partition coefficient (Wildman–Crippen LogP) is 2.32. The highest BCUT2D eigenvalue weighted by molar-refractivity contribution is 6.69. The van der Waals surface area contributed by atoms with Crippen molar-refractivity contribution in [1.82, 2.24) is 4.90 Å². The summed E-state index contributed by atoms with van der Waals surface area (Å²) in [4.78, 5) is 2.53. The summed E-state index contributed by atoms with van der Waals surface area (Å²) in [5.41, 5.74) is 0. The molecule has 78 valence electrons. The molecule has 0 atom stereocenters. The maximum Gasteiger partial charge on any atom is 0.183 e. The van der Waals surface area contributed by atoms with E-state index < -0.39 is 8.32 Å². The Bertz CT molecular complexity index is 138. The molecule has 2 nitrogen and oxygen atoms in total. The fourth-order valence-corrected chi connectivity index (χ4v) is 2.37. The second-order valence-corrected chi connectivity index (χ2v) is 9.38. The quantitative estimate of drug-likeness (QED) is 0.647. The summed E-state index contributed by atoms with van der Waals surface area (Å²) in [6, 6.07) is 0. The molecule has 0 saturated carbocycles. The molecule has 0 aromatic heterocycles. The molecule has 3 heteroatoms. The monoisotopic (exact) mass is 201 g/mol. The molecule has 0 amide bonds. The van der Waals surface area contributed by atoms with E-state index in [4.69, 9.17) is 4.43 Å². The molecular weight excluding hydrogens is 178 g/mol. The van der Waals surface area contributed by atoms with Crippen molar-refractivity contribution in [3.63, 3.8) is 0 Å². The van der Waals surface area contributed by atoms with Crippen LogP contribution in [0.3, 0.4) is 0 Å². The van der Waals surface area contributed by atoms with Gasteiger partial charge in [0.2, 0.25) is 0 Å². The van der Waals surface area contributed by atoms with Crippen LogP contribution in [-0.4, -0.2) is 39.5 Å². The van der Waals surface area contributed by atoms with Crippen LogP contribution in [0.2, 0.25) is 19.6 Å². The maximum atomic E-state index is 5.83. The van der Waals surface area contributed by atoms with Gasteiger partial charge in [0.15, 0.2) is 8.32 Å². The first-order valence-electron chi connectivity index (χ1n) is 5.44. The first-order chi connectivity index (χ1) is 6.08. The third-order valence-corrected chi connectivity index (χ3v) is 3.46. The van der Waals surface area contributed by atoms with Crippen LogP contribution in [0.5, 0.6) is 0 Å². The van der Waals surface area contributed by atoms with E-state index in [0.717, 1.165) is 13.2 Å². The van der Waals surface area contributed by atoms with E-state index in [9.17, 15) is 0 Å². The van der Waals surface area contributed by atoms with Gasteiger partial charge in [-0.15, -0.1) is 0 Å². The molecule has 0 bridgehead atoms. The molecule has 0 N–H and O–H groups in total. The molecular formula is C10H23NOSi. The zero-order valence-electron chi connectivity index (χ0n) is 9.31. The average Bonchev–Trinajstić information content (AvgIpc) is 2.04. The van der Waals surface area contributed by atoms with Crippen LogP contribution in [0.15, 0.2) is 0 Å². The zero-order valence-corrected chi connectivity index (χ0v) is 10.3. The van der Waals surface area contributed by atoms with Crippen LogP contribution in [0, 0.1) is 0 Å². The van der Waals surface area contributed by atoms with Gasteiger partial charge in [-0.2, -0.15) is 0 Å². The van der Waals surface area contributed by atoms with Crippen LogP contribution >= 0.6 is 0 Å². The summed E-state index contributed by atoms with van der Waals surface area (Å²) >= 11 is 0. The van der Waals surface area contributed by atoms with E-state index in [0.29, 0.717) is 0 Å². The topological polar surface area (TPSA) is 12.5 Å². The molecule has 0 aromatic rings. The Morgan fingerprint density at radius 1 is 1.08 bits per heavy atom. The Morgan fingerprint density at radius 2 is 1.69 bits per heavy atom.